The zero-order chi connectivity index (χ0) is 103. The molecule has 7 aromatic rings. The molecule has 778 valence electrons. The molecular weight excluding hydrogens is 2160 g/mol. The third-order valence-electron chi connectivity index (χ3n) is 23.1. The molecule has 7 aromatic heterocycles. The lowest BCUT2D eigenvalue weighted by molar-refractivity contribution is -0.222. The van der Waals surface area contributed by atoms with Crippen molar-refractivity contribution >= 4 is 142 Å². The van der Waals surface area contributed by atoms with E-state index in [0.717, 1.165) is 69.9 Å². The number of hydrogen-bond donors (Lipinski definition) is 7. The summed E-state index contributed by atoms with van der Waals surface area (Å²) in [5.41, 5.74) is 1.99. The normalized spacial score (nSPS) is 29.9. The topological polar surface area (TPSA) is 745 Å². The standard InChI is InChI=1S/C71H97N16O40P7S7/c1-9-37-38(12-52(114-37)81-11-10-51(88)74-65(81)93)122-129(101,136)108-26-47-41(15-55(117-47)84-21-33(4)61(89)77-68(84)96)125-133(105,140)112-29-50-44(18-58(120-50)87-24-36(7)64(92)80-71(87)99)127-134(106,141)113-30-49-43(17-57(119-49)86-23-35(6)63(91)79-70(86)98)126-132(104,139)110-27-46-40(14-54(116-46)83-20-32(3)60(73)76-67(83)95)123-131(103,138)111-28-48-42(16-56(118-48)85-22-34(5)62(90)78-69(85)97)124-130(102,137)109-25-45-39(121-128(100,135)107-8)13-53(115-45)82-19-31(2)59(72)75-66(82)94/h10-11,19-24,37-50,52-58H,9,12-18,25-30H2,1-8H3,(H,100,135)(H,101,136)(H,102,137)(H,103,138)(H,104,139)(H,105,140)(H,106,141)(H2,72,75,94)(H2,73,76,95)(H,74,88,93)(H,77,89,96)(H,78,90,97)(H,79,91,98)(H,80,92,99)/p-7/t37-,38?,39?,40?,41?,42?,43?,44?,45-,46-,47-,48-,49-,50-,52-,53-,54-,55-,56-,57-,58-,128?,129?,130?,131?,132?,133?,134?/m1/s1. The fourth-order valence-electron chi connectivity index (χ4n) is 15.9. The van der Waals surface area contributed by atoms with Crippen LogP contribution in [0.2, 0.25) is 0 Å². The summed E-state index contributed by atoms with van der Waals surface area (Å²) in [7, 11) is 1.02. The van der Waals surface area contributed by atoms with Crippen LogP contribution in [-0.4, -0.2) is 199 Å². The van der Waals surface area contributed by atoms with Crippen molar-refractivity contribution < 1.29 is 130 Å². The summed E-state index contributed by atoms with van der Waals surface area (Å²) >= 11 is 37.5. The second-order valence-electron chi connectivity index (χ2n) is 33.0. The van der Waals surface area contributed by atoms with Crippen molar-refractivity contribution in [1.82, 2.24) is 66.9 Å². The largest absolute Gasteiger partial charge is 0.780 e. The van der Waals surface area contributed by atoms with E-state index in [9.17, 15) is 91.5 Å². The average Bonchev–Trinajstić information content (AvgIpc) is 1.66. The fraction of sp³-hybridized carbons (Fsp3) is 0.606. The van der Waals surface area contributed by atoms with Crippen LogP contribution in [0.5, 0.6) is 0 Å². The molecule has 70 heteroatoms. The van der Waals surface area contributed by atoms with Crippen LogP contribution in [0.15, 0.2) is 107 Å². The van der Waals surface area contributed by atoms with Gasteiger partial charge in [0.2, 0.25) is 0 Å². The molecule has 141 heavy (non-hydrogen) atoms. The Bertz CT molecular complexity index is 7040. The van der Waals surface area contributed by atoms with Crippen LogP contribution in [0.4, 0.5) is 11.6 Å². The molecular formula is C71H90N16O40P7S7-7. The van der Waals surface area contributed by atoms with Crippen LogP contribution in [0.1, 0.15) is 135 Å². The second-order valence-corrected chi connectivity index (χ2v) is 52.0. The van der Waals surface area contributed by atoms with Gasteiger partial charge < -0.3 is 150 Å². The predicted molar refractivity (Wildman–Crippen MR) is 498 cm³/mol. The van der Waals surface area contributed by atoms with E-state index in [1.54, 1.807) is 13.8 Å². The van der Waals surface area contributed by atoms with Crippen molar-refractivity contribution in [3.8, 4) is 0 Å². The summed E-state index contributed by atoms with van der Waals surface area (Å²) in [4.78, 5) is 259. The van der Waals surface area contributed by atoms with E-state index in [1.807, 2.05) is 0 Å². The zero-order valence-corrected chi connectivity index (χ0v) is 86.6. The van der Waals surface area contributed by atoms with Crippen LogP contribution in [0, 0.1) is 41.5 Å². The van der Waals surface area contributed by atoms with Crippen molar-refractivity contribution in [2.75, 3.05) is 58.2 Å². The van der Waals surface area contributed by atoms with Gasteiger partial charge in [0, 0.05) is 135 Å². The van der Waals surface area contributed by atoms with Crippen LogP contribution in [0.3, 0.4) is 0 Å². The number of H-pyrrole nitrogens is 5. The predicted octanol–water partition coefficient (Wildman–Crippen LogP) is -3.71. The summed E-state index contributed by atoms with van der Waals surface area (Å²) in [5.74, 6) is -0.258. The molecule has 7 saturated heterocycles. The Morgan fingerprint density at radius 3 is 0.851 bits per heavy atom. The Balaban J connectivity index is 0.665. The molecule has 7 aliphatic heterocycles. The molecule has 0 aromatic carbocycles. The van der Waals surface area contributed by atoms with Crippen molar-refractivity contribution in [1.29, 1.82) is 0 Å². The van der Waals surface area contributed by atoms with Crippen molar-refractivity contribution in [3.63, 3.8) is 0 Å². The first-order chi connectivity index (χ1) is 66.0. The number of rotatable bonds is 41. The molecule has 0 amide bonds. The van der Waals surface area contributed by atoms with Gasteiger partial charge >= 0.3 is 39.8 Å². The van der Waals surface area contributed by atoms with E-state index in [0.29, 0.717) is 5.56 Å². The van der Waals surface area contributed by atoms with Gasteiger partial charge in [0.05, 0.1) is 88.5 Å². The highest BCUT2D eigenvalue weighted by molar-refractivity contribution is 8.32. The lowest BCUT2D eigenvalue weighted by atomic mass is 10.1. The maximum Gasteiger partial charge on any atom is 0.351 e. The average molecular weight is 2250 g/mol. The third-order valence-corrected chi connectivity index (χ3v) is 34.2. The van der Waals surface area contributed by atoms with Gasteiger partial charge in [-0.25, -0.2) is 33.6 Å². The van der Waals surface area contributed by atoms with Crippen molar-refractivity contribution in [3.05, 3.63) is 208 Å². The monoisotopic (exact) mass is 2250 g/mol. The summed E-state index contributed by atoms with van der Waals surface area (Å²) in [5, 5.41) is 0. The lowest BCUT2D eigenvalue weighted by Crippen LogP contribution is -2.34. The number of aromatic nitrogens is 14. The van der Waals surface area contributed by atoms with Crippen LogP contribution < -0.4 is 108 Å². The van der Waals surface area contributed by atoms with Crippen molar-refractivity contribution in [2.24, 2.45) is 0 Å². The number of anilines is 2. The molecule has 14 unspecified atom stereocenters. The number of hydrogen-bond acceptors (Lipinski definition) is 51. The summed E-state index contributed by atoms with van der Waals surface area (Å²) in [6, 6.07) is 1.09. The van der Waals surface area contributed by atoms with Crippen LogP contribution in [-0.2, 0) is 184 Å². The highest BCUT2D eigenvalue weighted by Crippen LogP contribution is 2.56. The first kappa shape index (κ1) is 111. The first-order valence-corrected chi connectivity index (χ1v) is 60.2. The maximum absolute atomic E-state index is 14.9. The van der Waals surface area contributed by atoms with E-state index in [-0.39, 0.29) is 58.7 Å². The smallest absolute Gasteiger partial charge is 0.351 e. The van der Waals surface area contributed by atoms with Gasteiger partial charge in [0.1, 0.15) is 132 Å². The number of nitrogens with one attached hydrogen (secondary N) is 5. The maximum atomic E-state index is 14.9. The lowest BCUT2D eigenvalue weighted by Gasteiger charge is -2.36. The Kier molecular flexibility index (Phi) is 35.3. The molecule has 14 rings (SSSR count). The number of ether oxygens (including phenoxy) is 7. The van der Waals surface area contributed by atoms with Gasteiger partial charge in [-0.1, -0.05) is 77.8 Å². The molecule has 28 atom stereocenters. The highest BCUT2D eigenvalue weighted by atomic mass is 32.7. The van der Waals surface area contributed by atoms with Gasteiger partial charge in [-0.15, -0.1) is 0 Å². The number of aromatic amines is 5. The minimum Gasteiger partial charge on any atom is -0.780 e. The Hall–Kier alpha value is -5.84. The summed E-state index contributed by atoms with van der Waals surface area (Å²) in [6.07, 6.45) is -24.3. The fourth-order valence-corrected chi connectivity index (χ4v) is 25.7. The number of nitrogens with two attached hydrogens (primary N) is 2. The van der Waals surface area contributed by atoms with E-state index >= 15 is 0 Å². The minimum absolute atomic E-state index is 0.00957. The van der Waals surface area contributed by atoms with Gasteiger partial charge in [-0.2, -0.15) is 9.97 Å². The van der Waals surface area contributed by atoms with E-state index < -0.39 is 316 Å². The van der Waals surface area contributed by atoms with Crippen molar-refractivity contribution in [2.45, 2.75) is 229 Å². The van der Waals surface area contributed by atoms with Gasteiger partial charge in [0.25, 0.3) is 27.8 Å². The van der Waals surface area contributed by atoms with Gasteiger partial charge in [-0.05, 0) is 48.0 Å². The Morgan fingerprint density at radius 1 is 0.355 bits per heavy atom. The summed E-state index contributed by atoms with van der Waals surface area (Å²) in [6.45, 7) is -29.2. The number of nitrogen functional groups attached to an aromatic ring is 2. The van der Waals surface area contributed by atoms with Gasteiger partial charge in [0.15, 0.2) is 6.80 Å². The van der Waals surface area contributed by atoms with Gasteiger partial charge in [-0.3, -0.25) is 85.4 Å². The van der Waals surface area contributed by atoms with E-state index in [1.165, 1.54) is 53.2 Å². The zero-order valence-electron chi connectivity index (χ0n) is 74.6. The molecule has 0 radical (unpaired) electrons. The quantitative estimate of drug-likeness (QED) is 0.0143. The molecule has 9 N–H and O–H groups in total. The molecule has 0 spiro atoms. The molecule has 0 aliphatic carbocycles. The molecule has 0 saturated carbocycles. The molecule has 0 bridgehead atoms. The highest BCUT2D eigenvalue weighted by Gasteiger charge is 2.49. The molecule has 7 aliphatic rings. The van der Waals surface area contributed by atoms with E-state index in [4.69, 9.17) is 191 Å². The second kappa shape index (κ2) is 44.9. The molecule has 14 heterocycles. The van der Waals surface area contributed by atoms with Crippen LogP contribution >= 0.6 is 47.1 Å². The first-order valence-electron chi connectivity index (χ1n) is 42.3. The summed E-state index contributed by atoms with van der Waals surface area (Å²) < 4.78 is 145. The Labute approximate surface area is 828 Å². The third kappa shape index (κ3) is 27.6. The Morgan fingerprint density at radius 2 is 0.582 bits per heavy atom. The molecule has 56 nitrogen and oxygen atoms in total. The number of aryl methyl sites for hydroxylation is 6. The number of nitrogens with zero attached hydrogens (tertiary/aromatic N) is 9. The molecule has 7 fully saturated rings. The van der Waals surface area contributed by atoms with Crippen LogP contribution in [0.25, 0.3) is 0 Å². The van der Waals surface area contributed by atoms with E-state index in [2.05, 4.69) is 34.9 Å². The SMILES string of the molecule is CC[C@H]1O[C@@H](n2ccc(=O)[nH]c2=O)CC1OP([O-])(=S)OC[C@H]1O[C@@H](n2cc(C)c(=O)[nH]c2=O)CC1OP([O-])(=S)OC[C@H]1O[C@@H](n2cc(C)c(=O)[nH]c2=O)CC1OP(=O)([S-])OC[C@H]1O[C@@H](n2cc(C)c(=O)[nH]c2=O)CC1OP([O-])(=S)OC[C@H]1O[C@@H](n2cc(C)c(N)nc2=O)CC1OP([O-])(=S)OC[C@H]1O[C@@H](n2cc(C)c(=O)[nH]c2=O)CC1OP([O-])(=S)OC[C@H]1O[C@@H](n2cc(C)c(N)nc2=O)CC1OP([O-])(=S)OC. The minimum atomic E-state index is -5.09.